The molecule has 2 aromatic heterocycles. The first-order chi connectivity index (χ1) is 10.0. The first-order valence-corrected chi connectivity index (χ1v) is 6.97. The van der Waals surface area contributed by atoms with E-state index in [2.05, 4.69) is 9.97 Å². The number of hydrogen-bond donors (Lipinski definition) is 0. The Labute approximate surface area is 120 Å². The van der Waals surface area contributed by atoms with Gasteiger partial charge in [-0.25, -0.2) is 4.98 Å². The predicted octanol–water partition coefficient (Wildman–Crippen LogP) is 4.13. The summed E-state index contributed by atoms with van der Waals surface area (Å²) >= 11 is 0. The zero-order valence-electron chi connectivity index (χ0n) is 11.3. The Bertz CT molecular complexity index is 616. The van der Waals surface area contributed by atoms with Gasteiger partial charge >= 0.3 is 6.18 Å². The molecule has 0 spiro atoms. The molecule has 1 saturated carbocycles. The molecule has 2 heterocycles. The molecule has 6 heteroatoms. The minimum atomic E-state index is -4.09. The summed E-state index contributed by atoms with van der Waals surface area (Å²) in [6, 6.07) is 5.42. The number of alkyl halides is 3. The molecule has 21 heavy (non-hydrogen) atoms. The molecule has 112 valence electrons. The van der Waals surface area contributed by atoms with Crippen molar-refractivity contribution in [3.05, 3.63) is 30.6 Å². The molecule has 1 aliphatic carbocycles. The fraction of sp³-hybridized carbons (Fsp3) is 0.467. The van der Waals surface area contributed by atoms with Crippen LogP contribution in [0.4, 0.5) is 13.2 Å². The lowest BCUT2D eigenvalue weighted by Gasteiger charge is -2.29. The third-order valence-electron chi connectivity index (χ3n) is 3.91. The van der Waals surface area contributed by atoms with Gasteiger partial charge in [-0.2, -0.15) is 13.2 Å². The number of hydrogen-bond acceptors (Lipinski definition) is 3. The Balaban J connectivity index is 1.70. The van der Waals surface area contributed by atoms with Gasteiger partial charge in [0.15, 0.2) is 0 Å². The van der Waals surface area contributed by atoms with Crippen LogP contribution in [-0.4, -0.2) is 22.2 Å². The molecule has 0 N–H and O–H groups in total. The van der Waals surface area contributed by atoms with Crippen LogP contribution in [0.25, 0.3) is 10.9 Å². The number of pyridine rings is 2. The lowest BCUT2D eigenvalue weighted by Crippen LogP contribution is -2.32. The van der Waals surface area contributed by atoms with Crippen molar-refractivity contribution in [3.63, 3.8) is 0 Å². The molecule has 0 radical (unpaired) electrons. The number of rotatable bonds is 2. The van der Waals surface area contributed by atoms with Crippen LogP contribution in [0.5, 0.6) is 5.88 Å². The summed E-state index contributed by atoms with van der Waals surface area (Å²) in [4.78, 5) is 8.39. The van der Waals surface area contributed by atoms with Gasteiger partial charge in [-0.05, 0) is 43.9 Å². The number of fused-ring (bicyclic) bond motifs is 1. The van der Waals surface area contributed by atoms with E-state index in [1.54, 1.807) is 24.5 Å². The monoisotopic (exact) mass is 296 g/mol. The summed E-state index contributed by atoms with van der Waals surface area (Å²) in [6.45, 7) is 0. The maximum Gasteiger partial charge on any atom is 0.391 e. The molecular formula is C15H15F3N2O. The second-order valence-corrected chi connectivity index (χ2v) is 5.32. The summed E-state index contributed by atoms with van der Waals surface area (Å²) in [7, 11) is 0. The van der Waals surface area contributed by atoms with Gasteiger partial charge in [0.05, 0.1) is 16.8 Å². The van der Waals surface area contributed by atoms with Crippen molar-refractivity contribution >= 4 is 10.9 Å². The smallest absolute Gasteiger partial charge is 0.391 e. The molecule has 0 unspecified atom stereocenters. The van der Waals surface area contributed by atoms with Crippen molar-refractivity contribution in [2.45, 2.75) is 38.0 Å². The highest BCUT2D eigenvalue weighted by Gasteiger charge is 2.41. The minimum Gasteiger partial charge on any atom is -0.474 e. The SMILES string of the molecule is FC(F)(F)[C@H]1CC[C@H](Oc2nccc3ncccc23)CC1. The third kappa shape index (κ3) is 3.09. The van der Waals surface area contributed by atoms with E-state index in [9.17, 15) is 13.2 Å². The Morgan fingerprint density at radius 3 is 2.48 bits per heavy atom. The lowest BCUT2D eigenvalue weighted by atomic mass is 9.87. The van der Waals surface area contributed by atoms with Gasteiger partial charge in [-0.1, -0.05) is 0 Å². The second-order valence-electron chi connectivity index (χ2n) is 5.32. The molecular weight excluding hydrogens is 281 g/mol. The second kappa shape index (κ2) is 5.50. The largest absolute Gasteiger partial charge is 0.474 e. The van der Waals surface area contributed by atoms with Crippen molar-refractivity contribution in [3.8, 4) is 5.88 Å². The van der Waals surface area contributed by atoms with Gasteiger partial charge in [0.2, 0.25) is 5.88 Å². The predicted molar refractivity (Wildman–Crippen MR) is 72.0 cm³/mol. The number of nitrogens with zero attached hydrogens (tertiary/aromatic N) is 2. The molecule has 0 aromatic carbocycles. The zero-order valence-corrected chi connectivity index (χ0v) is 11.3. The number of ether oxygens (including phenoxy) is 1. The van der Waals surface area contributed by atoms with Crippen molar-refractivity contribution in [1.29, 1.82) is 0 Å². The Morgan fingerprint density at radius 1 is 1.00 bits per heavy atom. The van der Waals surface area contributed by atoms with Crippen molar-refractivity contribution in [1.82, 2.24) is 9.97 Å². The van der Waals surface area contributed by atoms with E-state index in [0.717, 1.165) is 10.9 Å². The third-order valence-corrected chi connectivity index (χ3v) is 3.91. The number of aromatic nitrogens is 2. The summed E-state index contributed by atoms with van der Waals surface area (Å²) in [5, 5.41) is 0.790. The Kier molecular flexibility index (Phi) is 3.69. The molecule has 0 aliphatic heterocycles. The molecule has 1 fully saturated rings. The molecule has 3 rings (SSSR count). The van der Waals surface area contributed by atoms with Gasteiger partial charge in [0, 0.05) is 12.4 Å². The average molecular weight is 296 g/mol. The van der Waals surface area contributed by atoms with Crippen LogP contribution in [0.2, 0.25) is 0 Å². The van der Waals surface area contributed by atoms with E-state index < -0.39 is 12.1 Å². The maximum absolute atomic E-state index is 12.6. The average Bonchev–Trinajstić information content (AvgIpc) is 2.47. The lowest BCUT2D eigenvalue weighted by molar-refractivity contribution is -0.185. The summed E-state index contributed by atoms with van der Waals surface area (Å²) in [6.07, 6.45) is 0.0421. The Morgan fingerprint density at radius 2 is 1.76 bits per heavy atom. The first kappa shape index (κ1) is 14.1. The fourth-order valence-electron chi connectivity index (χ4n) is 2.74. The van der Waals surface area contributed by atoms with E-state index in [0.29, 0.717) is 18.7 Å². The van der Waals surface area contributed by atoms with Gasteiger partial charge in [-0.3, -0.25) is 4.98 Å². The molecule has 0 saturated heterocycles. The van der Waals surface area contributed by atoms with E-state index in [1.807, 2.05) is 6.07 Å². The fourth-order valence-corrected chi connectivity index (χ4v) is 2.74. The molecule has 0 bridgehead atoms. The van der Waals surface area contributed by atoms with E-state index in [-0.39, 0.29) is 18.9 Å². The molecule has 0 amide bonds. The molecule has 1 aliphatic rings. The van der Waals surface area contributed by atoms with Gasteiger partial charge < -0.3 is 4.74 Å². The van der Waals surface area contributed by atoms with Crippen LogP contribution < -0.4 is 4.74 Å². The number of halogens is 3. The van der Waals surface area contributed by atoms with Crippen LogP contribution in [0.15, 0.2) is 30.6 Å². The summed E-state index contributed by atoms with van der Waals surface area (Å²) in [5.41, 5.74) is 0.770. The van der Waals surface area contributed by atoms with Crippen molar-refractivity contribution in [2.24, 2.45) is 5.92 Å². The molecule has 2 aromatic rings. The molecule has 0 atom stereocenters. The van der Waals surface area contributed by atoms with E-state index >= 15 is 0 Å². The highest BCUT2D eigenvalue weighted by Crippen LogP contribution is 2.38. The van der Waals surface area contributed by atoms with Crippen LogP contribution >= 0.6 is 0 Å². The van der Waals surface area contributed by atoms with Gasteiger partial charge in [-0.15, -0.1) is 0 Å². The van der Waals surface area contributed by atoms with E-state index in [1.165, 1.54) is 0 Å². The quantitative estimate of drug-likeness (QED) is 0.835. The first-order valence-electron chi connectivity index (χ1n) is 6.97. The summed E-state index contributed by atoms with van der Waals surface area (Å²) in [5.74, 6) is -0.740. The van der Waals surface area contributed by atoms with Gasteiger partial charge in [0.25, 0.3) is 0 Å². The van der Waals surface area contributed by atoms with Gasteiger partial charge in [0.1, 0.15) is 6.10 Å². The topological polar surface area (TPSA) is 35.0 Å². The van der Waals surface area contributed by atoms with Crippen molar-refractivity contribution < 1.29 is 17.9 Å². The van der Waals surface area contributed by atoms with Crippen LogP contribution in [-0.2, 0) is 0 Å². The summed E-state index contributed by atoms with van der Waals surface area (Å²) < 4.78 is 43.7. The maximum atomic E-state index is 12.6. The van der Waals surface area contributed by atoms with Crippen LogP contribution in [0.3, 0.4) is 0 Å². The molecule has 3 nitrogen and oxygen atoms in total. The highest BCUT2D eigenvalue weighted by molar-refractivity contribution is 5.82. The van der Waals surface area contributed by atoms with Crippen LogP contribution in [0.1, 0.15) is 25.7 Å². The van der Waals surface area contributed by atoms with Crippen LogP contribution in [0, 0.1) is 5.92 Å². The minimum absolute atomic E-state index is 0.122. The van der Waals surface area contributed by atoms with Crippen molar-refractivity contribution in [2.75, 3.05) is 0 Å². The van der Waals surface area contributed by atoms with E-state index in [4.69, 9.17) is 4.74 Å². The zero-order chi connectivity index (χ0) is 14.9. The standard InChI is InChI=1S/C15H15F3N2O/c16-15(17,18)10-3-5-11(6-4-10)21-14-12-2-1-8-19-13(12)7-9-20-14/h1-2,7-11H,3-6H2/t10-,11-. The Hall–Kier alpha value is -1.85. The highest BCUT2D eigenvalue weighted by atomic mass is 19.4. The normalized spacial score (nSPS) is 23.2.